The molecule has 0 spiro atoms. The molecule has 0 bridgehead atoms. The summed E-state index contributed by atoms with van der Waals surface area (Å²) in [4.78, 5) is 13.8. The predicted octanol–water partition coefficient (Wildman–Crippen LogP) is 1.67. The Morgan fingerprint density at radius 2 is 2.17 bits per heavy atom. The summed E-state index contributed by atoms with van der Waals surface area (Å²) in [6, 6.07) is 7.07. The van der Waals surface area contributed by atoms with Gasteiger partial charge in [0, 0.05) is 24.2 Å². The maximum absolute atomic E-state index is 12.1. The molecule has 0 aromatic heterocycles. The molecule has 1 fully saturated rings. The fourth-order valence-electron chi connectivity index (χ4n) is 2.01. The van der Waals surface area contributed by atoms with Gasteiger partial charge in [0.2, 0.25) is 0 Å². The molecule has 5 heteroatoms. The first kappa shape index (κ1) is 13.2. The number of benzene rings is 1. The summed E-state index contributed by atoms with van der Waals surface area (Å²) >= 11 is 5.79. The van der Waals surface area contributed by atoms with Crippen LogP contribution in [0.1, 0.15) is 13.3 Å². The number of carbonyl (C=O) groups is 1. The van der Waals surface area contributed by atoms with E-state index in [1.165, 1.54) is 0 Å². The van der Waals surface area contributed by atoms with E-state index in [-0.39, 0.29) is 11.9 Å². The molecule has 1 aliphatic rings. The van der Waals surface area contributed by atoms with Crippen LogP contribution in [0.25, 0.3) is 0 Å². The standard InChI is InChI=1S/C13H17ClN2O2/c1-9(13(17)16-7-6-11(15)8-16)18-12-4-2-10(14)3-5-12/h2-5,9,11H,6-8,15H2,1H3/t9-,11-/m0/s1. The van der Waals surface area contributed by atoms with Crippen molar-refractivity contribution in [2.24, 2.45) is 5.73 Å². The van der Waals surface area contributed by atoms with Gasteiger partial charge in [-0.1, -0.05) is 11.6 Å². The molecule has 1 amide bonds. The Balaban J connectivity index is 1.93. The van der Waals surface area contributed by atoms with Crippen LogP contribution in [0, 0.1) is 0 Å². The van der Waals surface area contributed by atoms with Gasteiger partial charge in [-0.05, 0) is 37.6 Å². The Morgan fingerprint density at radius 3 is 2.72 bits per heavy atom. The van der Waals surface area contributed by atoms with Gasteiger partial charge in [-0.2, -0.15) is 0 Å². The zero-order valence-corrected chi connectivity index (χ0v) is 11.1. The lowest BCUT2D eigenvalue weighted by Crippen LogP contribution is -2.40. The van der Waals surface area contributed by atoms with E-state index in [1.54, 1.807) is 36.1 Å². The Bertz CT molecular complexity index is 422. The Kier molecular flexibility index (Phi) is 4.09. The molecule has 18 heavy (non-hydrogen) atoms. The Hall–Kier alpha value is -1.26. The van der Waals surface area contributed by atoms with Crippen molar-refractivity contribution in [1.82, 2.24) is 4.90 Å². The van der Waals surface area contributed by atoms with Gasteiger partial charge in [0.1, 0.15) is 5.75 Å². The number of amides is 1. The molecule has 0 aliphatic carbocycles. The smallest absolute Gasteiger partial charge is 0.263 e. The molecule has 1 heterocycles. The van der Waals surface area contributed by atoms with Crippen LogP contribution in [-0.4, -0.2) is 36.0 Å². The van der Waals surface area contributed by atoms with E-state index < -0.39 is 6.10 Å². The highest BCUT2D eigenvalue weighted by Gasteiger charge is 2.28. The minimum Gasteiger partial charge on any atom is -0.481 e. The van der Waals surface area contributed by atoms with E-state index in [0.29, 0.717) is 23.9 Å². The zero-order valence-electron chi connectivity index (χ0n) is 10.3. The van der Waals surface area contributed by atoms with Crippen molar-refractivity contribution < 1.29 is 9.53 Å². The Labute approximate surface area is 112 Å². The molecule has 1 aromatic rings. The van der Waals surface area contributed by atoms with Gasteiger partial charge in [-0.3, -0.25) is 4.79 Å². The number of nitrogens with zero attached hydrogens (tertiary/aromatic N) is 1. The number of hydrogen-bond acceptors (Lipinski definition) is 3. The lowest BCUT2D eigenvalue weighted by Gasteiger charge is -2.21. The van der Waals surface area contributed by atoms with Gasteiger partial charge >= 0.3 is 0 Å². The first-order chi connectivity index (χ1) is 8.56. The van der Waals surface area contributed by atoms with Crippen molar-refractivity contribution in [1.29, 1.82) is 0 Å². The van der Waals surface area contributed by atoms with Crippen LogP contribution < -0.4 is 10.5 Å². The number of nitrogens with two attached hydrogens (primary N) is 1. The van der Waals surface area contributed by atoms with Crippen LogP contribution in [0.4, 0.5) is 0 Å². The minimum absolute atomic E-state index is 0.0158. The van der Waals surface area contributed by atoms with Gasteiger partial charge in [0.15, 0.2) is 6.10 Å². The highest BCUT2D eigenvalue weighted by molar-refractivity contribution is 6.30. The van der Waals surface area contributed by atoms with Gasteiger partial charge in [-0.15, -0.1) is 0 Å². The van der Waals surface area contributed by atoms with Crippen molar-refractivity contribution in [3.63, 3.8) is 0 Å². The van der Waals surface area contributed by atoms with E-state index in [9.17, 15) is 4.79 Å². The Morgan fingerprint density at radius 1 is 1.50 bits per heavy atom. The van der Waals surface area contributed by atoms with Crippen molar-refractivity contribution in [3.8, 4) is 5.75 Å². The summed E-state index contributed by atoms with van der Waals surface area (Å²) < 4.78 is 5.59. The van der Waals surface area contributed by atoms with Crippen LogP contribution >= 0.6 is 11.6 Å². The molecule has 2 N–H and O–H groups in total. The molecule has 98 valence electrons. The quantitative estimate of drug-likeness (QED) is 0.907. The number of hydrogen-bond donors (Lipinski definition) is 1. The highest BCUT2D eigenvalue weighted by atomic mass is 35.5. The molecule has 4 nitrogen and oxygen atoms in total. The molecule has 1 aliphatic heterocycles. The summed E-state index contributed by atoms with van der Waals surface area (Å²) in [6.07, 6.45) is 0.357. The SMILES string of the molecule is C[C@H](Oc1ccc(Cl)cc1)C(=O)N1CC[C@H](N)C1. The van der Waals surface area contributed by atoms with Crippen LogP contribution in [0.3, 0.4) is 0 Å². The van der Waals surface area contributed by atoms with E-state index in [4.69, 9.17) is 22.1 Å². The van der Waals surface area contributed by atoms with Crippen LogP contribution in [0.5, 0.6) is 5.75 Å². The molecular formula is C13H17ClN2O2. The number of halogens is 1. The summed E-state index contributed by atoms with van der Waals surface area (Å²) in [5, 5.41) is 0.645. The van der Waals surface area contributed by atoms with E-state index in [2.05, 4.69) is 0 Å². The maximum atomic E-state index is 12.1. The molecule has 1 aromatic carbocycles. The van der Waals surface area contributed by atoms with E-state index in [0.717, 1.165) is 6.42 Å². The second-order valence-electron chi connectivity index (χ2n) is 4.55. The summed E-state index contributed by atoms with van der Waals surface area (Å²) in [6.45, 7) is 3.09. The largest absolute Gasteiger partial charge is 0.481 e. The fraction of sp³-hybridized carbons (Fsp3) is 0.462. The van der Waals surface area contributed by atoms with Crippen LogP contribution in [0.2, 0.25) is 5.02 Å². The van der Waals surface area contributed by atoms with Gasteiger partial charge in [0.25, 0.3) is 5.91 Å². The van der Waals surface area contributed by atoms with Crippen molar-refractivity contribution in [2.45, 2.75) is 25.5 Å². The average Bonchev–Trinajstić information content (AvgIpc) is 2.78. The first-order valence-corrected chi connectivity index (χ1v) is 6.40. The lowest BCUT2D eigenvalue weighted by molar-refractivity contribution is -0.136. The summed E-state index contributed by atoms with van der Waals surface area (Å²) in [5.74, 6) is 0.627. The third-order valence-electron chi connectivity index (χ3n) is 3.01. The number of ether oxygens (including phenoxy) is 1. The van der Waals surface area contributed by atoms with Gasteiger partial charge in [0.05, 0.1) is 0 Å². The monoisotopic (exact) mass is 268 g/mol. The molecular weight excluding hydrogens is 252 g/mol. The minimum atomic E-state index is -0.503. The first-order valence-electron chi connectivity index (χ1n) is 6.03. The molecule has 1 saturated heterocycles. The molecule has 2 atom stereocenters. The number of likely N-dealkylation sites (tertiary alicyclic amines) is 1. The molecule has 2 rings (SSSR count). The number of rotatable bonds is 3. The average molecular weight is 269 g/mol. The number of carbonyl (C=O) groups excluding carboxylic acids is 1. The van der Waals surface area contributed by atoms with Crippen molar-refractivity contribution in [3.05, 3.63) is 29.3 Å². The van der Waals surface area contributed by atoms with Gasteiger partial charge < -0.3 is 15.4 Å². The van der Waals surface area contributed by atoms with E-state index >= 15 is 0 Å². The van der Waals surface area contributed by atoms with Crippen molar-refractivity contribution >= 4 is 17.5 Å². The lowest BCUT2D eigenvalue weighted by atomic mass is 10.3. The third-order valence-corrected chi connectivity index (χ3v) is 3.26. The molecule has 0 saturated carbocycles. The van der Waals surface area contributed by atoms with E-state index in [1.807, 2.05) is 0 Å². The van der Waals surface area contributed by atoms with Crippen LogP contribution in [0.15, 0.2) is 24.3 Å². The zero-order chi connectivity index (χ0) is 13.1. The molecule has 0 unspecified atom stereocenters. The maximum Gasteiger partial charge on any atom is 0.263 e. The topological polar surface area (TPSA) is 55.6 Å². The normalized spacial score (nSPS) is 20.8. The van der Waals surface area contributed by atoms with Gasteiger partial charge in [-0.25, -0.2) is 0 Å². The van der Waals surface area contributed by atoms with Crippen molar-refractivity contribution in [2.75, 3.05) is 13.1 Å². The fourth-order valence-corrected chi connectivity index (χ4v) is 2.14. The summed E-state index contributed by atoms with van der Waals surface area (Å²) in [7, 11) is 0. The second-order valence-corrected chi connectivity index (χ2v) is 4.98. The summed E-state index contributed by atoms with van der Waals surface area (Å²) in [5.41, 5.74) is 5.78. The highest BCUT2D eigenvalue weighted by Crippen LogP contribution is 2.18. The van der Waals surface area contributed by atoms with Crippen LogP contribution in [-0.2, 0) is 4.79 Å². The third kappa shape index (κ3) is 3.15. The second kappa shape index (κ2) is 5.59. The molecule has 0 radical (unpaired) electrons. The predicted molar refractivity (Wildman–Crippen MR) is 70.7 cm³/mol.